The summed E-state index contributed by atoms with van der Waals surface area (Å²) in [6, 6.07) is 2.69. The topological polar surface area (TPSA) is 138 Å². The number of benzene rings is 1. The van der Waals surface area contributed by atoms with E-state index in [-0.39, 0.29) is 38.7 Å². The van der Waals surface area contributed by atoms with Gasteiger partial charge in [-0.05, 0) is 72.0 Å². The first kappa shape index (κ1) is 28.6. The summed E-state index contributed by atoms with van der Waals surface area (Å²) >= 11 is 2.06. The molecule has 36 heavy (non-hydrogen) atoms. The number of nitrogens with one attached hydrogen (secondary N) is 1. The minimum Gasteiger partial charge on any atom is -0.493 e. The molecule has 11 heteroatoms. The van der Waals surface area contributed by atoms with Gasteiger partial charge in [0.25, 0.3) is 0 Å². The van der Waals surface area contributed by atoms with Crippen molar-refractivity contribution in [2.24, 2.45) is 5.92 Å². The van der Waals surface area contributed by atoms with E-state index in [0.717, 1.165) is 12.8 Å². The fraction of sp³-hybridized carbons (Fsp3) is 0.600. The average Bonchev–Trinajstić information content (AvgIpc) is 3.70. The van der Waals surface area contributed by atoms with Crippen LogP contribution in [0.3, 0.4) is 0 Å². The van der Waals surface area contributed by atoms with Gasteiger partial charge in [0, 0.05) is 31.7 Å². The van der Waals surface area contributed by atoms with Crippen molar-refractivity contribution in [1.82, 2.24) is 10.2 Å². The smallest absolute Gasteiger partial charge is 0.248 e. The summed E-state index contributed by atoms with van der Waals surface area (Å²) in [5, 5.41) is 32.8. The van der Waals surface area contributed by atoms with E-state index in [9.17, 15) is 19.8 Å². The van der Waals surface area contributed by atoms with Crippen molar-refractivity contribution in [3.05, 3.63) is 32.9 Å². The van der Waals surface area contributed by atoms with Crippen LogP contribution in [0.2, 0.25) is 0 Å². The number of aliphatic hydroxyl groups excluding tert-OH is 3. The highest BCUT2D eigenvalue weighted by Crippen LogP contribution is 2.38. The molecule has 0 radical (unpaired) electrons. The number of hydrogen-bond acceptors (Lipinski definition) is 8. The van der Waals surface area contributed by atoms with Crippen molar-refractivity contribution >= 4 is 34.4 Å². The van der Waals surface area contributed by atoms with Gasteiger partial charge >= 0.3 is 0 Å². The number of ether oxygens (including phenoxy) is 3. The van der Waals surface area contributed by atoms with Crippen LogP contribution in [-0.2, 0) is 20.9 Å². The molecule has 1 fully saturated rings. The summed E-state index contributed by atoms with van der Waals surface area (Å²) in [5.74, 6) is 0.452. The number of methoxy groups -OCH3 is 1. The number of carbonyl (C=O) groups excluding carboxylic acids is 2. The molecule has 0 spiro atoms. The Bertz CT molecular complexity index is 952. The zero-order chi connectivity index (χ0) is 26.2. The molecule has 1 aromatic carbocycles. The summed E-state index contributed by atoms with van der Waals surface area (Å²) in [4.78, 5) is 27.6. The summed E-state index contributed by atoms with van der Waals surface area (Å²) < 4.78 is 17.7. The highest BCUT2D eigenvalue weighted by atomic mass is 127. The molecule has 3 rings (SSSR count). The first-order valence-electron chi connectivity index (χ1n) is 12.1. The summed E-state index contributed by atoms with van der Waals surface area (Å²) in [5.41, 5.74) is 0.997. The van der Waals surface area contributed by atoms with Crippen molar-refractivity contribution in [2.75, 3.05) is 40.0 Å². The van der Waals surface area contributed by atoms with E-state index >= 15 is 0 Å². The van der Waals surface area contributed by atoms with E-state index in [1.165, 1.54) is 7.11 Å². The number of amides is 2. The standard InChI is InChI=1S/C25H35IN2O8/c1-3-35-14-22(31)28(12-15-4-5-15)19-10-17(25(33)27-6-7-29)11-20(23(19)32)36-24-18(26)8-16(13-30)9-21(24)34-2/h8-9,11,15,19-20,23,29-30,32H,3-7,10,12-14H2,1-2H3,(H,27,33)/t19-,20+,23+/m1/s1. The van der Waals surface area contributed by atoms with Gasteiger partial charge in [0.15, 0.2) is 11.5 Å². The zero-order valence-corrected chi connectivity index (χ0v) is 22.8. The van der Waals surface area contributed by atoms with Crippen LogP contribution < -0.4 is 14.8 Å². The molecule has 0 aliphatic heterocycles. The van der Waals surface area contributed by atoms with Crippen LogP contribution in [-0.4, -0.2) is 90.3 Å². The first-order valence-corrected chi connectivity index (χ1v) is 13.2. The zero-order valence-electron chi connectivity index (χ0n) is 20.6. The summed E-state index contributed by atoms with van der Waals surface area (Å²) in [7, 11) is 1.48. The maximum Gasteiger partial charge on any atom is 0.248 e. The van der Waals surface area contributed by atoms with Crippen molar-refractivity contribution in [3.63, 3.8) is 0 Å². The van der Waals surface area contributed by atoms with Gasteiger partial charge in [-0.2, -0.15) is 0 Å². The van der Waals surface area contributed by atoms with E-state index in [0.29, 0.717) is 45.3 Å². The molecule has 0 bridgehead atoms. The van der Waals surface area contributed by atoms with Gasteiger partial charge in [0.05, 0.1) is 29.9 Å². The van der Waals surface area contributed by atoms with Crippen LogP contribution in [0.15, 0.2) is 23.8 Å². The van der Waals surface area contributed by atoms with Gasteiger partial charge in [0.2, 0.25) is 11.8 Å². The van der Waals surface area contributed by atoms with Crippen molar-refractivity contribution in [1.29, 1.82) is 0 Å². The van der Waals surface area contributed by atoms with Crippen LogP contribution in [0.1, 0.15) is 31.7 Å². The fourth-order valence-corrected chi connectivity index (χ4v) is 4.96. The molecule has 1 aromatic rings. The number of halogens is 1. The molecule has 2 amide bonds. The third-order valence-corrected chi connectivity index (χ3v) is 7.04. The van der Waals surface area contributed by atoms with Gasteiger partial charge in [-0.25, -0.2) is 0 Å². The van der Waals surface area contributed by atoms with Crippen molar-refractivity contribution < 1.29 is 39.1 Å². The van der Waals surface area contributed by atoms with Crippen LogP contribution in [0.4, 0.5) is 0 Å². The lowest BCUT2D eigenvalue weighted by Crippen LogP contribution is -2.56. The van der Waals surface area contributed by atoms with Crippen LogP contribution in [0.25, 0.3) is 0 Å². The highest BCUT2D eigenvalue weighted by molar-refractivity contribution is 14.1. The van der Waals surface area contributed by atoms with E-state index in [4.69, 9.17) is 19.3 Å². The Kier molecular flexibility index (Phi) is 10.8. The van der Waals surface area contributed by atoms with E-state index in [2.05, 4.69) is 27.9 Å². The Morgan fingerprint density at radius 3 is 2.61 bits per heavy atom. The maximum atomic E-state index is 13.1. The first-order chi connectivity index (χ1) is 17.3. The van der Waals surface area contributed by atoms with E-state index < -0.39 is 24.2 Å². The van der Waals surface area contributed by atoms with Gasteiger partial charge < -0.3 is 39.7 Å². The Morgan fingerprint density at radius 1 is 1.25 bits per heavy atom. The third kappa shape index (κ3) is 7.31. The lowest BCUT2D eigenvalue weighted by atomic mass is 9.88. The molecule has 2 aliphatic carbocycles. The van der Waals surface area contributed by atoms with Gasteiger partial charge in [-0.1, -0.05) is 0 Å². The molecular weight excluding hydrogens is 583 g/mol. The number of aliphatic hydroxyl groups is 3. The van der Waals surface area contributed by atoms with Crippen LogP contribution in [0, 0.1) is 9.49 Å². The van der Waals surface area contributed by atoms with Gasteiger partial charge in [-0.3, -0.25) is 9.59 Å². The van der Waals surface area contributed by atoms with E-state index in [1.807, 2.05) is 0 Å². The summed E-state index contributed by atoms with van der Waals surface area (Å²) in [6.07, 6.45) is 1.64. The fourth-order valence-electron chi connectivity index (χ4n) is 4.17. The predicted octanol–water partition coefficient (Wildman–Crippen LogP) is 0.983. The van der Waals surface area contributed by atoms with Gasteiger partial charge in [0.1, 0.15) is 18.8 Å². The molecule has 3 atom stereocenters. The van der Waals surface area contributed by atoms with E-state index in [1.54, 1.807) is 30.0 Å². The molecule has 10 nitrogen and oxygen atoms in total. The number of hydrogen-bond donors (Lipinski definition) is 4. The molecule has 1 saturated carbocycles. The van der Waals surface area contributed by atoms with Gasteiger partial charge in [-0.15, -0.1) is 0 Å². The molecule has 4 N–H and O–H groups in total. The SMILES string of the molecule is CCOCC(=O)N(CC1CC1)[C@@H]1CC(C(=O)NCCO)=C[C@H](Oc2c(I)cc(CO)cc2OC)[C@H]1O. The number of carbonyl (C=O) groups is 2. The molecule has 0 saturated heterocycles. The minimum absolute atomic E-state index is 0.0817. The minimum atomic E-state index is -1.12. The normalized spacial score (nSPS) is 21.5. The highest BCUT2D eigenvalue weighted by Gasteiger charge is 2.42. The molecular formula is C25H35IN2O8. The molecule has 0 heterocycles. The van der Waals surface area contributed by atoms with Crippen molar-refractivity contribution in [2.45, 2.75) is 51.0 Å². The molecule has 0 aromatic heterocycles. The number of nitrogens with zero attached hydrogens (tertiary/aromatic N) is 1. The van der Waals surface area contributed by atoms with Crippen molar-refractivity contribution in [3.8, 4) is 11.5 Å². The second-order valence-corrected chi connectivity index (χ2v) is 10.1. The predicted molar refractivity (Wildman–Crippen MR) is 140 cm³/mol. The third-order valence-electron chi connectivity index (χ3n) is 6.24. The van der Waals surface area contributed by atoms with Crippen LogP contribution >= 0.6 is 22.6 Å². The Hall–Kier alpha value is -1.93. The summed E-state index contributed by atoms with van der Waals surface area (Å²) in [6.45, 7) is 2.25. The largest absolute Gasteiger partial charge is 0.493 e. The lowest BCUT2D eigenvalue weighted by Gasteiger charge is -2.40. The lowest BCUT2D eigenvalue weighted by molar-refractivity contribution is -0.143. The quantitative estimate of drug-likeness (QED) is 0.240. The monoisotopic (exact) mass is 618 g/mol. The van der Waals surface area contributed by atoms with Crippen LogP contribution in [0.5, 0.6) is 11.5 Å². The Labute approximate surface area is 224 Å². The number of rotatable bonds is 13. The average molecular weight is 618 g/mol. The molecule has 0 unspecified atom stereocenters. The Morgan fingerprint density at radius 2 is 2.00 bits per heavy atom. The Balaban J connectivity index is 1.95. The molecule has 200 valence electrons. The maximum absolute atomic E-state index is 13.1. The second-order valence-electron chi connectivity index (χ2n) is 8.91. The molecule has 2 aliphatic rings. The second kappa shape index (κ2) is 13.6.